The fourth-order valence-electron chi connectivity index (χ4n) is 3.82. The van der Waals surface area contributed by atoms with Crippen LogP contribution in [0.25, 0.3) is 0 Å². The molecule has 1 aromatic heterocycles. The summed E-state index contributed by atoms with van der Waals surface area (Å²) in [5, 5.41) is 12.4. The van der Waals surface area contributed by atoms with Crippen LogP contribution in [-0.2, 0) is 25.9 Å². The van der Waals surface area contributed by atoms with Gasteiger partial charge in [0.25, 0.3) is 0 Å². The van der Waals surface area contributed by atoms with Crippen molar-refractivity contribution in [3.63, 3.8) is 0 Å². The third-order valence-electron chi connectivity index (χ3n) is 5.05. The Kier molecular flexibility index (Phi) is 3.83. The van der Waals surface area contributed by atoms with Crippen LogP contribution in [0.15, 0.2) is 18.2 Å². The molecule has 0 unspecified atom stereocenters. The fraction of sp³-hybridized carbons (Fsp3) is 0.579. The van der Waals surface area contributed by atoms with E-state index in [-0.39, 0.29) is 11.6 Å². The molecule has 1 aromatic carbocycles. The lowest BCUT2D eigenvalue weighted by atomic mass is 10.0. The Morgan fingerprint density at radius 2 is 2.17 bits per heavy atom. The normalized spacial score (nSPS) is 19.5. The molecule has 0 saturated heterocycles. The van der Waals surface area contributed by atoms with Crippen LogP contribution >= 0.6 is 0 Å². The van der Waals surface area contributed by atoms with Gasteiger partial charge in [-0.3, -0.25) is 0 Å². The molecule has 0 radical (unpaired) electrons. The van der Waals surface area contributed by atoms with Gasteiger partial charge in [0.1, 0.15) is 23.0 Å². The zero-order chi connectivity index (χ0) is 16.7. The highest BCUT2D eigenvalue weighted by atomic mass is 16.5. The number of benzene rings is 1. The fourth-order valence-corrected chi connectivity index (χ4v) is 3.82. The van der Waals surface area contributed by atoms with E-state index in [9.17, 15) is 0 Å². The van der Waals surface area contributed by atoms with E-state index in [0.717, 1.165) is 43.3 Å². The minimum atomic E-state index is -0.101. The molecule has 2 aliphatic heterocycles. The standard InChI is InChI=1S/C19H26N4O/c1-13(18-22-21-16-9-4-5-10-23(16)18)20-12-15-8-6-7-14-11-19(2,3)24-17(14)15/h6-8,13,20H,4-5,9-12H2,1-3H3/t13-/m1/s1. The summed E-state index contributed by atoms with van der Waals surface area (Å²) in [6, 6.07) is 6.63. The van der Waals surface area contributed by atoms with E-state index < -0.39 is 0 Å². The van der Waals surface area contributed by atoms with Crippen LogP contribution in [0, 0.1) is 0 Å². The quantitative estimate of drug-likeness (QED) is 0.937. The van der Waals surface area contributed by atoms with Gasteiger partial charge >= 0.3 is 0 Å². The van der Waals surface area contributed by atoms with Crippen molar-refractivity contribution >= 4 is 0 Å². The van der Waals surface area contributed by atoms with E-state index in [1.54, 1.807) is 0 Å². The minimum absolute atomic E-state index is 0.101. The second-order valence-corrected chi connectivity index (χ2v) is 7.63. The molecular formula is C19H26N4O. The average Bonchev–Trinajstić information content (AvgIpc) is 3.11. The van der Waals surface area contributed by atoms with Gasteiger partial charge in [0.15, 0.2) is 0 Å². The molecule has 5 heteroatoms. The molecule has 2 aliphatic rings. The van der Waals surface area contributed by atoms with Crippen molar-refractivity contribution in [1.29, 1.82) is 0 Å². The smallest absolute Gasteiger partial charge is 0.149 e. The number of nitrogens with zero attached hydrogens (tertiary/aromatic N) is 3. The minimum Gasteiger partial charge on any atom is -0.487 e. The van der Waals surface area contributed by atoms with Gasteiger partial charge in [-0.1, -0.05) is 18.2 Å². The molecule has 0 spiro atoms. The van der Waals surface area contributed by atoms with Crippen LogP contribution in [-0.4, -0.2) is 20.4 Å². The molecule has 3 heterocycles. The Balaban J connectivity index is 1.48. The molecule has 1 atom stereocenters. The number of ether oxygens (including phenoxy) is 1. The predicted octanol–water partition coefficient (Wildman–Crippen LogP) is 3.18. The molecule has 2 aromatic rings. The Morgan fingerprint density at radius 1 is 1.29 bits per heavy atom. The third-order valence-corrected chi connectivity index (χ3v) is 5.05. The molecule has 24 heavy (non-hydrogen) atoms. The Labute approximate surface area is 143 Å². The largest absolute Gasteiger partial charge is 0.487 e. The van der Waals surface area contributed by atoms with Crippen LogP contribution in [0.4, 0.5) is 0 Å². The number of nitrogens with one attached hydrogen (secondary N) is 1. The molecule has 5 nitrogen and oxygen atoms in total. The van der Waals surface area contributed by atoms with Gasteiger partial charge in [0, 0.05) is 31.5 Å². The summed E-state index contributed by atoms with van der Waals surface area (Å²) in [5.41, 5.74) is 2.44. The average molecular weight is 326 g/mol. The number of aryl methyl sites for hydroxylation is 1. The summed E-state index contributed by atoms with van der Waals surface area (Å²) in [5.74, 6) is 3.25. The SMILES string of the molecule is C[C@@H](NCc1cccc2c1OC(C)(C)C2)c1nnc2n1CCCC2. The zero-order valence-electron chi connectivity index (χ0n) is 14.8. The van der Waals surface area contributed by atoms with Gasteiger partial charge in [-0.05, 0) is 39.2 Å². The van der Waals surface area contributed by atoms with Gasteiger partial charge in [-0.2, -0.15) is 0 Å². The van der Waals surface area contributed by atoms with Gasteiger partial charge in [0.2, 0.25) is 0 Å². The lowest BCUT2D eigenvalue weighted by Gasteiger charge is -2.20. The first-order chi connectivity index (χ1) is 11.5. The number of para-hydroxylation sites is 1. The summed E-state index contributed by atoms with van der Waals surface area (Å²) in [4.78, 5) is 0. The van der Waals surface area contributed by atoms with E-state index in [1.165, 1.54) is 24.0 Å². The Hall–Kier alpha value is -1.88. The number of hydrogen-bond donors (Lipinski definition) is 1. The third kappa shape index (κ3) is 2.81. The van der Waals surface area contributed by atoms with Crippen molar-refractivity contribution in [1.82, 2.24) is 20.1 Å². The first-order valence-electron chi connectivity index (χ1n) is 8.99. The summed E-state index contributed by atoms with van der Waals surface area (Å²) >= 11 is 0. The Bertz CT molecular complexity index is 750. The van der Waals surface area contributed by atoms with Gasteiger partial charge in [-0.15, -0.1) is 10.2 Å². The molecule has 128 valence electrons. The molecule has 4 rings (SSSR count). The molecule has 0 amide bonds. The first kappa shape index (κ1) is 15.6. The molecule has 1 N–H and O–H groups in total. The van der Waals surface area contributed by atoms with E-state index in [1.807, 2.05) is 0 Å². The van der Waals surface area contributed by atoms with Gasteiger partial charge < -0.3 is 14.6 Å². The Morgan fingerprint density at radius 3 is 3.04 bits per heavy atom. The van der Waals surface area contributed by atoms with Gasteiger partial charge in [-0.25, -0.2) is 0 Å². The van der Waals surface area contributed by atoms with Crippen molar-refractivity contribution in [2.75, 3.05) is 0 Å². The second kappa shape index (κ2) is 5.88. The van der Waals surface area contributed by atoms with Crippen molar-refractivity contribution in [2.45, 2.75) is 71.2 Å². The van der Waals surface area contributed by atoms with Crippen LogP contribution in [0.1, 0.15) is 62.4 Å². The molecule has 0 fully saturated rings. The van der Waals surface area contributed by atoms with E-state index in [0.29, 0.717) is 0 Å². The summed E-state index contributed by atoms with van der Waals surface area (Å²) in [7, 11) is 0. The highest BCUT2D eigenvalue weighted by Gasteiger charge is 2.31. The molecule has 0 aliphatic carbocycles. The topological polar surface area (TPSA) is 52.0 Å². The van der Waals surface area contributed by atoms with Crippen LogP contribution in [0.2, 0.25) is 0 Å². The van der Waals surface area contributed by atoms with E-state index in [4.69, 9.17) is 4.74 Å². The molecule has 0 bridgehead atoms. The van der Waals surface area contributed by atoms with E-state index in [2.05, 4.69) is 59.1 Å². The van der Waals surface area contributed by atoms with Crippen molar-refractivity contribution in [3.05, 3.63) is 41.0 Å². The molecular weight excluding hydrogens is 300 g/mol. The summed E-state index contributed by atoms with van der Waals surface area (Å²) in [6.07, 6.45) is 4.47. The maximum absolute atomic E-state index is 6.17. The maximum Gasteiger partial charge on any atom is 0.149 e. The van der Waals surface area contributed by atoms with Crippen LogP contribution in [0.5, 0.6) is 5.75 Å². The molecule has 0 saturated carbocycles. The van der Waals surface area contributed by atoms with Crippen LogP contribution in [0.3, 0.4) is 0 Å². The monoisotopic (exact) mass is 326 g/mol. The first-order valence-corrected chi connectivity index (χ1v) is 8.99. The van der Waals surface area contributed by atoms with Crippen molar-refractivity contribution in [2.24, 2.45) is 0 Å². The van der Waals surface area contributed by atoms with Gasteiger partial charge in [0.05, 0.1) is 6.04 Å². The van der Waals surface area contributed by atoms with E-state index >= 15 is 0 Å². The van der Waals surface area contributed by atoms with Crippen LogP contribution < -0.4 is 10.1 Å². The summed E-state index contributed by atoms with van der Waals surface area (Å²) < 4.78 is 8.45. The predicted molar refractivity (Wildman–Crippen MR) is 93.1 cm³/mol. The highest BCUT2D eigenvalue weighted by Crippen LogP contribution is 2.37. The number of fused-ring (bicyclic) bond motifs is 2. The number of hydrogen-bond acceptors (Lipinski definition) is 4. The zero-order valence-corrected chi connectivity index (χ0v) is 14.8. The lowest BCUT2D eigenvalue weighted by Crippen LogP contribution is -2.26. The summed E-state index contributed by atoms with van der Waals surface area (Å²) in [6.45, 7) is 8.29. The lowest BCUT2D eigenvalue weighted by molar-refractivity contribution is 0.137. The van der Waals surface area contributed by atoms with Crippen molar-refractivity contribution in [3.8, 4) is 5.75 Å². The van der Waals surface area contributed by atoms with Crippen molar-refractivity contribution < 1.29 is 4.74 Å². The highest BCUT2D eigenvalue weighted by molar-refractivity contribution is 5.45. The number of rotatable bonds is 4. The number of aromatic nitrogens is 3. The second-order valence-electron chi connectivity index (χ2n) is 7.63. The maximum atomic E-state index is 6.17.